The summed E-state index contributed by atoms with van der Waals surface area (Å²) in [6.45, 7) is 2.14. The Morgan fingerprint density at radius 2 is 1.79 bits per heavy atom. The number of aromatic nitrogens is 2. The van der Waals surface area contributed by atoms with Crippen molar-refractivity contribution in [2.24, 2.45) is 5.41 Å². The van der Waals surface area contributed by atoms with Crippen molar-refractivity contribution in [3.8, 4) is 5.75 Å². The summed E-state index contributed by atoms with van der Waals surface area (Å²) in [7, 11) is 3.08. The topological polar surface area (TPSA) is 125 Å². The maximum absolute atomic E-state index is 12.6. The molecule has 1 atom stereocenters. The zero-order chi connectivity index (χ0) is 24.6. The zero-order valence-electron chi connectivity index (χ0n) is 19.2. The third-order valence-electron chi connectivity index (χ3n) is 6.48. The average Bonchev–Trinajstić information content (AvgIpc) is 3.26. The first-order valence-electron chi connectivity index (χ1n) is 11.0. The van der Waals surface area contributed by atoms with Gasteiger partial charge in [-0.3, -0.25) is 19.4 Å². The van der Waals surface area contributed by atoms with E-state index in [9.17, 15) is 19.5 Å². The van der Waals surface area contributed by atoms with Crippen LogP contribution in [0.2, 0.25) is 5.02 Å². The zero-order valence-corrected chi connectivity index (χ0v) is 19.9. The van der Waals surface area contributed by atoms with Gasteiger partial charge in [-0.2, -0.15) is 0 Å². The van der Waals surface area contributed by atoms with Gasteiger partial charge in [-0.25, -0.2) is 4.98 Å². The van der Waals surface area contributed by atoms with Crippen molar-refractivity contribution in [2.45, 2.75) is 38.6 Å². The minimum Gasteiger partial charge on any atom is -0.504 e. The predicted molar refractivity (Wildman–Crippen MR) is 131 cm³/mol. The van der Waals surface area contributed by atoms with E-state index in [0.717, 1.165) is 31.4 Å². The SMILES string of the molecule is CN(C)C(=O)c1nccc(Nc2c(N[C@@H](c3ccc(Cl)cn3)C3(C)CCCC3)c(=O)c2=O)c1O. The number of amides is 1. The summed E-state index contributed by atoms with van der Waals surface area (Å²) in [5, 5.41) is 17.2. The van der Waals surface area contributed by atoms with Crippen LogP contribution < -0.4 is 21.5 Å². The Labute approximate surface area is 201 Å². The second-order valence-corrected chi connectivity index (χ2v) is 9.56. The summed E-state index contributed by atoms with van der Waals surface area (Å²) in [4.78, 5) is 47.0. The fourth-order valence-electron chi connectivity index (χ4n) is 4.49. The normalized spacial score (nSPS) is 15.8. The number of hydrogen-bond donors (Lipinski definition) is 3. The minimum atomic E-state index is -0.710. The molecule has 10 heteroatoms. The highest BCUT2D eigenvalue weighted by Gasteiger charge is 2.40. The summed E-state index contributed by atoms with van der Waals surface area (Å²) < 4.78 is 0. The van der Waals surface area contributed by atoms with Crippen LogP contribution in [0.15, 0.2) is 40.2 Å². The Bertz CT molecular complexity index is 1290. The van der Waals surface area contributed by atoms with E-state index in [1.54, 1.807) is 12.3 Å². The molecule has 0 unspecified atom stereocenters. The number of carbonyl (C=O) groups excluding carboxylic acids is 1. The van der Waals surface area contributed by atoms with Crippen molar-refractivity contribution in [1.82, 2.24) is 14.9 Å². The lowest BCUT2D eigenvalue weighted by Gasteiger charge is -2.35. The second kappa shape index (κ2) is 9.06. The number of aromatic hydroxyl groups is 1. The van der Waals surface area contributed by atoms with Crippen molar-refractivity contribution < 1.29 is 9.90 Å². The van der Waals surface area contributed by atoms with Crippen LogP contribution in [-0.4, -0.2) is 40.0 Å². The average molecular weight is 484 g/mol. The van der Waals surface area contributed by atoms with Gasteiger partial charge >= 0.3 is 0 Å². The Morgan fingerprint density at radius 1 is 1.12 bits per heavy atom. The van der Waals surface area contributed by atoms with Crippen molar-refractivity contribution >= 4 is 34.6 Å². The monoisotopic (exact) mass is 483 g/mol. The number of rotatable bonds is 7. The number of halogens is 1. The Balaban J connectivity index is 1.69. The van der Waals surface area contributed by atoms with Crippen LogP contribution in [0.5, 0.6) is 5.75 Å². The van der Waals surface area contributed by atoms with Gasteiger partial charge in [0.25, 0.3) is 16.8 Å². The van der Waals surface area contributed by atoms with Gasteiger partial charge in [0.1, 0.15) is 11.4 Å². The molecule has 0 spiro atoms. The number of anilines is 3. The smallest absolute Gasteiger partial charge is 0.275 e. The summed E-state index contributed by atoms with van der Waals surface area (Å²) >= 11 is 6.02. The molecule has 9 nitrogen and oxygen atoms in total. The molecular formula is C24H26ClN5O4. The van der Waals surface area contributed by atoms with E-state index >= 15 is 0 Å². The number of pyridine rings is 2. The molecule has 1 amide bonds. The largest absolute Gasteiger partial charge is 0.504 e. The molecule has 3 N–H and O–H groups in total. The third kappa shape index (κ3) is 4.23. The molecule has 2 heterocycles. The standard InChI is InChI=1S/C24H26ClN5O4/c1-24(9-4-5-10-24)22(15-7-6-13(25)12-27-15)29-17-16(20(32)21(17)33)28-14-8-11-26-18(19(14)31)23(34)30(2)3/h6-8,11-12,22,29,31H,4-5,9-10H2,1-3H3,(H,26,28)/t22-/m0/s1. The Kier molecular flexibility index (Phi) is 6.31. The number of nitrogens with zero attached hydrogens (tertiary/aromatic N) is 3. The first kappa shape index (κ1) is 23.7. The lowest BCUT2D eigenvalue weighted by Crippen LogP contribution is -2.40. The van der Waals surface area contributed by atoms with Crippen molar-refractivity contribution in [2.75, 3.05) is 24.7 Å². The minimum absolute atomic E-state index is 0.0234. The highest BCUT2D eigenvalue weighted by Crippen LogP contribution is 2.48. The van der Waals surface area contributed by atoms with Gasteiger partial charge in [-0.15, -0.1) is 0 Å². The summed E-state index contributed by atoms with van der Waals surface area (Å²) in [6, 6.07) is 4.67. The molecule has 1 aliphatic rings. The van der Waals surface area contributed by atoms with Gasteiger partial charge in [0.2, 0.25) is 0 Å². The van der Waals surface area contributed by atoms with Crippen molar-refractivity contribution in [3.63, 3.8) is 0 Å². The highest BCUT2D eigenvalue weighted by atomic mass is 35.5. The lowest BCUT2D eigenvalue weighted by atomic mass is 9.78. The van der Waals surface area contributed by atoms with Gasteiger partial charge in [-0.1, -0.05) is 31.4 Å². The quantitative estimate of drug-likeness (QED) is 0.435. The number of nitrogens with one attached hydrogen (secondary N) is 2. The van der Waals surface area contributed by atoms with E-state index in [1.165, 1.54) is 31.3 Å². The molecule has 0 saturated heterocycles. The molecule has 3 aromatic rings. The van der Waals surface area contributed by atoms with Crippen LogP contribution in [0.1, 0.15) is 54.8 Å². The predicted octanol–water partition coefficient (Wildman–Crippen LogP) is 3.61. The summed E-state index contributed by atoms with van der Waals surface area (Å²) in [5.41, 5.74) is -0.735. The molecular weight excluding hydrogens is 458 g/mol. The van der Waals surface area contributed by atoms with E-state index in [1.807, 2.05) is 6.07 Å². The molecule has 1 saturated carbocycles. The molecule has 1 aromatic carbocycles. The molecule has 0 radical (unpaired) electrons. The van der Waals surface area contributed by atoms with Crippen LogP contribution in [0, 0.1) is 5.41 Å². The van der Waals surface area contributed by atoms with Crippen LogP contribution in [0.4, 0.5) is 17.1 Å². The maximum Gasteiger partial charge on any atom is 0.275 e. The molecule has 4 rings (SSSR count). The van der Waals surface area contributed by atoms with Crippen LogP contribution >= 0.6 is 11.6 Å². The van der Waals surface area contributed by atoms with Gasteiger partial charge in [-0.05, 0) is 36.5 Å². The summed E-state index contributed by atoms with van der Waals surface area (Å²) in [5.74, 6) is -0.897. The fraction of sp³-hybridized carbons (Fsp3) is 0.375. The number of hydrogen-bond acceptors (Lipinski definition) is 8. The summed E-state index contributed by atoms with van der Waals surface area (Å²) in [6.07, 6.45) is 6.91. The maximum atomic E-state index is 12.6. The molecule has 1 fully saturated rings. The third-order valence-corrected chi connectivity index (χ3v) is 6.70. The molecule has 0 aliphatic heterocycles. The van der Waals surface area contributed by atoms with E-state index in [0.29, 0.717) is 5.02 Å². The first-order chi connectivity index (χ1) is 16.1. The van der Waals surface area contributed by atoms with Gasteiger partial charge < -0.3 is 20.6 Å². The molecule has 178 valence electrons. The van der Waals surface area contributed by atoms with E-state index in [-0.39, 0.29) is 34.2 Å². The number of carbonyl (C=O) groups is 1. The van der Waals surface area contributed by atoms with Gasteiger partial charge in [0.15, 0.2) is 11.4 Å². The second-order valence-electron chi connectivity index (χ2n) is 9.13. The Morgan fingerprint density at radius 3 is 2.41 bits per heavy atom. The van der Waals surface area contributed by atoms with Crippen molar-refractivity contribution in [1.29, 1.82) is 0 Å². The van der Waals surface area contributed by atoms with Crippen LogP contribution in [0.3, 0.4) is 0 Å². The molecule has 2 aromatic heterocycles. The van der Waals surface area contributed by atoms with Gasteiger partial charge in [0.05, 0.1) is 22.4 Å². The molecule has 1 aliphatic carbocycles. The van der Waals surface area contributed by atoms with Gasteiger partial charge in [0, 0.05) is 26.5 Å². The van der Waals surface area contributed by atoms with Crippen molar-refractivity contribution in [3.05, 3.63) is 67.4 Å². The van der Waals surface area contributed by atoms with E-state index < -0.39 is 22.5 Å². The van der Waals surface area contributed by atoms with E-state index in [4.69, 9.17) is 11.6 Å². The molecule has 0 bridgehead atoms. The van der Waals surface area contributed by atoms with E-state index in [2.05, 4.69) is 27.5 Å². The first-order valence-corrected chi connectivity index (χ1v) is 11.4. The lowest BCUT2D eigenvalue weighted by molar-refractivity contribution is 0.0819. The van der Waals surface area contributed by atoms with Crippen LogP contribution in [-0.2, 0) is 0 Å². The fourth-order valence-corrected chi connectivity index (χ4v) is 4.60. The molecule has 34 heavy (non-hydrogen) atoms. The highest BCUT2D eigenvalue weighted by molar-refractivity contribution is 6.30. The Hall–Kier alpha value is -3.46. The van der Waals surface area contributed by atoms with Crippen LogP contribution in [0.25, 0.3) is 0 Å².